The van der Waals surface area contributed by atoms with Crippen LogP contribution in [-0.2, 0) is 25.5 Å². The maximum absolute atomic E-state index is 12.0. The van der Waals surface area contributed by atoms with E-state index in [9.17, 15) is 14.7 Å². The summed E-state index contributed by atoms with van der Waals surface area (Å²) < 4.78 is 14.7. The summed E-state index contributed by atoms with van der Waals surface area (Å²) in [5, 5.41) is 10.4. The van der Waals surface area contributed by atoms with Crippen molar-refractivity contribution in [3.8, 4) is 11.5 Å². The molecule has 0 fully saturated rings. The number of hydrogen-bond donors (Lipinski definition) is 1. The van der Waals surface area contributed by atoms with E-state index in [0.29, 0.717) is 34.4 Å². The summed E-state index contributed by atoms with van der Waals surface area (Å²) in [6.45, 7) is 9.04. The van der Waals surface area contributed by atoms with Crippen molar-refractivity contribution in [3.05, 3.63) is 33.9 Å². The van der Waals surface area contributed by atoms with Gasteiger partial charge in [-0.15, -0.1) is 0 Å². The molecule has 0 spiro atoms. The molecular formula is C19H26O6. The van der Waals surface area contributed by atoms with Gasteiger partial charge in [0.1, 0.15) is 17.9 Å². The molecule has 1 N–H and O–H groups in total. The van der Waals surface area contributed by atoms with Crippen LogP contribution < -0.4 is 4.74 Å². The van der Waals surface area contributed by atoms with Crippen molar-refractivity contribution in [3.63, 3.8) is 0 Å². The van der Waals surface area contributed by atoms with E-state index in [4.69, 9.17) is 4.74 Å². The second-order valence-electron chi connectivity index (χ2n) is 6.09. The van der Waals surface area contributed by atoms with Crippen LogP contribution in [0.1, 0.15) is 42.5 Å². The summed E-state index contributed by atoms with van der Waals surface area (Å²) in [7, 11) is 1.38. The van der Waals surface area contributed by atoms with Gasteiger partial charge in [0.2, 0.25) is 0 Å². The molecule has 1 rings (SSSR count). The van der Waals surface area contributed by atoms with Gasteiger partial charge in [-0.25, -0.2) is 0 Å². The van der Waals surface area contributed by atoms with E-state index in [0.717, 1.165) is 5.57 Å². The first-order chi connectivity index (χ1) is 11.7. The monoisotopic (exact) mass is 350 g/mol. The van der Waals surface area contributed by atoms with E-state index in [1.165, 1.54) is 7.11 Å². The fraction of sp³-hybridized carbons (Fsp3) is 0.474. The minimum Gasteiger partial charge on any atom is -0.507 e. The number of esters is 2. The molecule has 1 aromatic rings. The van der Waals surface area contributed by atoms with E-state index >= 15 is 0 Å². The quantitative estimate of drug-likeness (QED) is 0.267. The first-order valence-corrected chi connectivity index (χ1v) is 7.99. The van der Waals surface area contributed by atoms with Crippen LogP contribution in [0.4, 0.5) is 0 Å². The predicted octanol–water partition coefficient (Wildman–Crippen LogP) is 3.27. The second kappa shape index (κ2) is 9.22. The third kappa shape index (κ3) is 5.60. The highest BCUT2D eigenvalue weighted by Gasteiger charge is 2.21. The highest BCUT2D eigenvalue weighted by molar-refractivity contribution is 5.92. The van der Waals surface area contributed by atoms with Crippen LogP contribution in [-0.4, -0.2) is 30.9 Å². The van der Waals surface area contributed by atoms with Gasteiger partial charge >= 0.3 is 11.9 Å². The maximum Gasteiger partial charge on any atom is 0.322 e. The van der Waals surface area contributed by atoms with E-state index in [1.54, 1.807) is 20.8 Å². The molecule has 0 aliphatic carbocycles. The van der Waals surface area contributed by atoms with E-state index < -0.39 is 18.4 Å². The van der Waals surface area contributed by atoms with Crippen molar-refractivity contribution in [1.82, 2.24) is 0 Å². The first-order valence-electron chi connectivity index (χ1n) is 7.99. The molecule has 0 aliphatic heterocycles. The number of phenolic OH excluding ortho intramolecular Hbond substituents is 1. The smallest absolute Gasteiger partial charge is 0.322 e. The summed E-state index contributed by atoms with van der Waals surface area (Å²) in [6, 6.07) is 0. The lowest BCUT2D eigenvalue weighted by molar-refractivity contribution is -0.158. The number of benzene rings is 1. The van der Waals surface area contributed by atoms with E-state index in [1.807, 2.05) is 19.9 Å². The zero-order valence-electron chi connectivity index (χ0n) is 15.7. The average molecular weight is 350 g/mol. The summed E-state index contributed by atoms with van der Waals surface area (Å²) in [4.78, 5) is 23.5. The Hall–Kier alpha value is -2.34. The summed E-state index contributed by atoms with van der Waals surface area (Å²) >= 11 is 0. The molecule has 138 valence electrons. The van der Waals surface area contributed by atoms with Gasteiger partial charge in [-0.05, 0) is 57.7 Å². The fourth-order valence-electron chi connectivity index (χ4n) is 2.32. The van der Waals surface area contributed by atoms with E-state index in [-0.39, 0.29) is 12.5 Å². The Morgan fingerprint density at radius 1 is 1.04 bits per heavy atom. The number of methoxy groups -OCH3 is 1. The number of carbonyl (C=O) groups is 2. The van der Waals surface area contributed by atoms with Gasteiger partial charge in [-0.2, -0.15) is 0 Å². The molecular weight excluding hydrogens is 324 g/mol. The third-order valence-corrected chi connectivity index (χ3v) is 3.89. The van der Waals surface area contributed by atoms with Crippen LogP contribution in [0.5, 0.6) is 11.5 Å². The fourth-order valence-corrected chi connectivity index (χ4v) is 2.32. The molecule has 0 unspecified atom stereocenters. The standard InChI is InChI=1S/C19H26O6/c1-11(2)7-8-15-14(5)19(13(4)12(3)18(15)22)25-17(21)9-16(20)24-10-23-6/h7,22H,8-10H2,1-6H3. The Bertz CT molecular complexity index is 684. The van der Waals surface area contributed by atoms with Crippen LogP contribution in [0.25, 0.3) is 0 Å². The second-order valence-corrected chi connectivity index (χ2v) is 6.09. The number of phenols is 1. The molecule has 6 heteroatoms. The number of aromatic hydroxyl groups is 1. The number of allylic oxidation sites excluding steroid dienone is 2. The maximum atomic E-state index is 12.0. The number of hydrogen-bond acceptors (Lipinski definition) is 6. The highest BCUT2D eigenvalue weighted by Crippen LogP contribution is 2.37. The topological polar surface area (TPSA) is 82.1 Å². The Morgan fingerprint density at radius 3 is 2.24 bits per heavy atom. The Balaban J connectivity index is 3.08. The molecule has 0 atom stereocenters. The third-order valence-electron chi connectivity index (χ3n) is 3.89. The largest absolute Gasteiger partial charge is 0.507 e. The molecule has 6 nitrogen and oxygen atoms in total. The van der Waals surface area contributed by atoms with Crippen molar-refractivity contribution in [2.24, 2.45) is 0 Å². The molecule has 0 saturated carbocycles. The van der Waals surface area contributed by atoms with Crippen LogP contribution >= 0.6 is 0 Å². The van der Waals surface area contributed by atoms with Crippen molar-refractivity contribution in [1.29, 1.82) is 0 Å². The van der Waals surface area contributed by atoms with Crippen molar-refractivity contribution in [2.75, 3.05) is 13.9 Å². The normalized spacial score (nSPS) is 10.3. The summed E-state index contributed by atoms with van der Waals surface area (Å²) in [5.74, 6) is -0.864. The number of ether oxygens (including phenoxy) is 3. The van der Waals surface area contributed by atoms with Gasteiger partial charge in [0, 0.05) is 12.7 Å². The van der Waals surface area contributed by atoms with Gasteiger partial charge in [-0.3, -0.25) is 9.59 Å². The Kier molecular flexibility index (Phi) is 7.64. The first kappa shape index (κ1) is 20.7. The molecule has 25 heavy (non-hydrogen) atoms. The summed E-state index contributed by atoms with van der Waals surface area (Å²) in [6.07, 6.45) is 2.01. The number of carbonyl (C=O) groups excluding carboxylic acids is 2. The van der Waals surface area contributed by atoms with Crippen LogP contribution in [0.2, 0.25) is 0 Å². The van der Waals surface area contributed by atoms with Gasteiger partial charge < -0.3 is 19.3 Å². The van der Waals surface area contributed by atoms with Crippen molar-refractivity contribution >= 4 is 11.9 Å². The van der Waals surface area contributed by atoms with Crippen LogP contribution in [0.15, 0.2) is 11.6 Å². The molecule has 0 amide bonds. The molecule has 0 bridgehead atoms. The summed E-state index contributed by atoms with van der Waals surface area (Å²) in [5.41, 5.74) is 3.81. The molecule has 0 heterocycles. The van der Waals surface area contributed by atoms with Gasteiger partial charge in [0.15, 0.2) is 6.79 Å². The lowest BCUT2D eigenvalue weighted by Gasteiger charge is -2.18. The lowest BCUT2D eigenvalue weighted by Crippen LogP contribution is -2.18. The molecule has 0 aromatic heterocycles. The zero-order valence-corrected chi connectivity index (χ0v) is 15.7. The Morgan fingerprint density at radius 2 is 1.68 bits per heavy atom. The van der Waals surface area contributed by atoms with Gasteiger partial charge in [-0.1, -0.05) is 11.6 Å². The Labute approximate surface area is 148 Å². The minimum atomic E-state index is -0.720. The van der Waals surface area contributed by atoms with E-state index in [2.05, 4.69) is 9.47 Å². The van der Waals surface area contributed by atoms with Crippen molar-refractivity contribution in [2.45, 2.75) is 47.5 Å². The molecule has 0 radical (unpaired) electrons. The molecule has 0 aliphatic rings. The number of rotatable bonds is 7. The predicted molar refractivity (Wildman–Crippen MR) is 93.7 cm³/mol. The van der Waals surface area contributed by atoms with Gasteiger partial charge in [0.25, 0.3) is 0 Å². The van der Waals surface area contributed by atoms with Gasteiger partial charge in [0.05, 0.1) is 0 Å². The van der Waals surface area contributed by atoms with Crippen LogP contribution in [0.3, 0.4) is 0 Å². The highest BCUT2D eigenvalue weighted by atomic mass is 16.7. The molecule has 0 saturated heterocycles. The van der Waals surface area contributed by atoms with Crippen molar-refractivity contribution < 1.29 is 28.9 Å². The zero-order chi connectivity index (χ0) is 19.1. The molecule has 1 aromatic carbocycles. The SMILES string of the molecule is COCOC(=O)CC(=O)Oc1c(C)c(C)c(O)c(CC=C(C)C)c1C. The van der Waals surface area contributed by atoms with Crippen LogP contribution in [0, 0.1) is 20.8 Å². The lowest BCUT2D eigenvalue weighted by atomic mass is 9.95. The minimum absolute atomic E-state index is 0.201. The average Bonchev–Trinajstić information content (AvgIpc) is 2.54.